The van der Waals surface area contributed by atoms with E-state index in [4.69, 9.17) is 4.43 Å². The summed E-state index contributed by atoms with van der Waals surface area (Å²) in [6, 6.07) is 17.0. The lowest BCUT2D eigenvalue weighted by molar-refractivity contribution is 0.223. The molecular weight excluding hydrogens is 236 g/mol. The van der Waals surface area contributed by atoms with Crippen molar-refractivity contribution >= 4 is 10.5 Å². The number of aryl methyl sites for hydroxylation is 1. The van der Waals surface area contributed by atoms with Crippen LogP contribution in [0.15, 0.2) is 48.5 Å². The summed E-state index contributed by atoms with van der Waals surface area (Å²) in [5.41, 5.74) is 4.97. The molecule has 91 valence electrons. The number of hydrogen-bond acceptors (Lipinski definition) is 1. The SMILES string of the molecule is CCC(O[Si])c1ccccc1-c1ccc(C)cc1. The van der Waals surface area contributed by atoms with Gasteiger partial charge in [0.25, 0.3) is 0 Å². The van der Waals surface area contributed by atoms with E-state index >= 15 is 0 Å². The van der Waals surface area contributed by atoms with Gasteiger partial charge in [-0.15, -0.1) is 0 Å². The zero-order chi connectivity index (χ0) is 13.0. The third-order valence-electron chi connectivity index (χ3n) is 3.18. The quantitative estimate of drug-likeness (QED) is 0.742. The first kappa shape index (κ1) is 13.1. The van der Waals surface area contributed by atoms with Crippen LogP contribution in [-0.2, 0) is 4.43 Å². The first-order valence-electron chi connectivity index (χ1n) is 6.24. The average molecular weight is 253 g/mol. The van der Waals surface area contributed by atoms with Gasteiger partial charge in [-0.25, -0.2) is 0 Å². The Bertz CT molecular complexity index is 501. The molecule has 0 aliphatic heterocycles. The van der Waals surface area contributed by atoms with Gasteiger partial charge >= 0.3 is 0 Å². The summed E-state index contributed by atoms with van der Waals surface area (Å²) in [7, 11) is 3.18. The van der Waals surface area contributed by atoms with Crippen molar-refractivity contribution < 1.29 is 4.43 Å². The van der Waals surface area contributed by atoms with Crippen LogP contribution >= 0.6 is 0 Å². The van der Waals surface area contributed by atoms with Crippen LogP contribution in [0.4, 0.5) is 0 Å². The van der Waals surface area contributed by atoms with E-state index in [0.717, 1.165) is 6.42 Å². The predicted octanol–water partition coefficient (Wildman–Crippen LogP) is 4.21. The maximum atomic E-state index is 5.38. The molecule has 0 heterocycles. The molecule has 1 atom stereocenters. The van der Waals surface area contributed by atoms with Crippen LogP contribution in [0.1, 0.15) is 30.6 Å². The predicted molar refractivity (Wildman–Crippen MR) is 76.5 cm³/mol. The van der Waals surface area contributed by atoms with Crippen LogP contribution in [0.25, 0.3) is 11.1 Å². The summed E-state index contributed by atoms with van der Waals surface area (Å²) >= 11 is 0. The molecule has 18 heavy (non-hydrogen) atoms. The molecule has 1 unspecified atom stereocenters. The Kier molecular flexibility index (Phi) is 4.34. The molecule has 0 bridgehead atoms. The molecule has 3 radical (unpaired) electrons. The number of rotatable bonds is 4. The Morgan fingerprint density at radius 1 is 1.06 bits per heavy atom. The second kappa shape index (κ2) is 5.98. The highest BCUT2D eigenvalue weighted by Gasteiger charge is 2.12. The van der Waals surface area contributed by atoms with Gasteiger partial charge in [0, 0.05) is 0 Å². The number of benzene rings is 2. The van der Waals surface area contributed by atoms with E-state index in [1.165, 1.54) is 22.3 Å². The van der Waals surface area contributed by atoms with E-state index in [0.29, 0.717) is 0 Å². The van der Waals surface area contributed by atoms with Crippen molar-refractivity contribution in [2.24, 2.45) is 0 Å². The van der Waals surface area contributed by atoms with Crippen molar-refractivity contribution in [1.29, 1.82) is 0 Å². The molecule has 2 rings (SSSR count). The van der Waals surface area contributed by atoms with E-state index in [-0.39, 0.29) is 6.10 Å². The molecule has 2 aromatic carbocycles. The Labute approximate surface area is 112 Å². The smallest absolute Gasteiger partial charge is 0.247 e. The molecule has 0 aromatic heterocycles. The lowest BCUT2D eigenvalue weighted by atomic mass is 9.95. The lowest BCUT2D eigenvalue weighted by Crippen LogP contribution is -2.02. The fourth-order valence-electron chi connectivity index (χ4n) is 2.14. The van der Waals surface area contributed by atoms with Gasteiger partial charge in [-0.2, -0.15) is 0 Å². The highest BCUT2D eigenvalue weighted by Crippen LogP contribution is 2.31. The maximum absolute atomic E-state index is 5.38. The van der Waals surface area contributed by atoms with Gasteiger partial charge in [-0.3, -0.25) is 0 Å². The van der Waals surface area contributed by atoms with Crippen LogP contribution in [-0.4, -0.2) is 10.5 Å². The Hall–Kier alpha value is -1.38. The van der Waals surface area contributed by atoms with Crippen LogP contribution in [0.2, 0.25) is 0 Å². The van der Waals surface area contributed by atoms with E-state index in [1.54, 1.807) is 0 Å². The number of hydrogen-bond donors (Lipinski definition) is 0. The van der Waals surface area contributed by atoms with Crippen LogP contribution in [0, 0.1) is 6.92 Å². The zero-order valence-corrected chi connectivity index (χ0v) is 11.8. The standard InChI is InChI=1S/C16H17OSi/c1-3-16(17-18)15-7-5-4-6-14(15)13-10-8-12(2)9-11-13/h4-11,16H,3H2,1-2H3. The summed E-state index contributed by atoms with van der Waals surface area (Å²) in [4.78, 5) is 0. The van der Waals surface area contributed by atoms with Gasteiger partial charge in [-0.05, 0) is 30.0 Å². The molecule has 0 saturated heterocycles. The highest BCUT2D eigenvalue weighted by molar-refractivity contribution is 5.98. The molecule has 0 saturated carbocycles. The average Bonchev–Trinajstić information content (AvgIpc) is 2.42. The van der Waals surface area contributed by atoms with Gasteiger partial charge in [0.15, 0.2) is 0 Å². The highest BCUT2D eigenvalue weighted by atomic mass is 28.2. The third kappa shape index (κ3) is 2.71. The van der Waals surface area contributed by atoms with Gasteiger partial charge in [0.1, 0.15) is 0 Å². The molecule has 2 heteroatoms. The van der Waals surface area contributed by atoms with Gasteiger partial charge in [0.2, 0.25) is 10.5 Å². The van der Waals surface area contributed by atoms with Gasteiger partial charge in [0.05, 0.1) is 6.10 Å². The molecule has 0 amide bonds. The Morgan fingerprint density at radius 3 is 2.33 bits per heavy atom. The molecule has 0 spiro atoms. The minimum Gasteiger partial charge on any atom is -0.412 e. The van der Waals surface area contributed by atoms with Crippen LogP contribution in [0.3, 0.4) is 0 Å². The third-order valence-corrected chi connectivity index (χ3v) is 3.47. The van der Waals surface area contributed by atoms with E-state index in [2.05, 4.69) is 72.9 Å². The van der Waals surface area contributed by atoms with Gasteiger partial charge < -0.3 is 4.43 Å². The normalized spacial score (nSPS) is 12.4. The summed E-state index contributed by atoms with van der Waals surface area (Å²) in [5.74, 6) is 0. The summed E-state index contributed by atoms with van der Waals surface area (Å²) in [6.45, 7) is 4.22. The first-order valence-corrected chi connectivity index (χ1v) is 6.65. The van der Waals surface area contributed by atoms with Crippen molar-refractivity contribution in [3.63, 3.8) is 0 Å². The van der Waals surface area contributed by atoms with Crippen LogP contribution in [0.5, 0.6) is 0 Å². The van der Waals surface area contributed by atoms with Crippen molar-refractivity contribution in [2.45, 2.75) is 26.4 Å². The molecule has 2 aromatic rings. The summed E-state index contributed by atoms with van der Waals surface area (Å²) in [5, 5.41) is 0. The van der Waals surface area contributed by atoms with Crippen molar-refractivity contribution in [2.75, 3.05) is 0 Å². The van der Waals surface area contributed by atoms with Gasteiger partial charge in [-0.1, -0.05) is 61.0 Å². The monoisotopic (exact) mass is 253 g/mol. The zero-order valence-electron chi connectivity index (χ0n) is 10.8. The fourth-order valence-corrected chi connectivity index (χ4v) is 2.43. The minimum absolute atomic E-state index is 0.0826. The van der Waals surface area contributed by atoms with Crippen molar-refractivity contribution in [1.82, 2.24) is 0 Å². The second-order valence-corrected chi connectivity index (χ2v) is 4.70. The molecule has 0 fully saturated rings. The van der Waals surface area contributed by atoms with Crippen molar-refractivity contribution in [3.05, 3.63) is 59.7 Å². The van der Waals surface area contributed by atoms with E-state index < -0.39 is 0 Å². The molecular formula is C16H17OSi. The molecule has 1 nitrogen and oxygen atoms in total. The summed E-state index contributed by atoms with van der Waals surface area (Å²) < 4.78 is 5.38. The topological polar surface area (TPSA) is 9.23 Å². The Morgan fingerprint density at radius 2 is 1.72 bits per heavy atom. The minimum atomic E-state index is 0.0826. The molecule has 0 aliphatic carbocycles. The van der Waals surface area contributed by atoms with Crippen molar-refractivity contribution in [3.8, 4) is 11.1 Å². The van der Waals surface area contributed by atoms with Crippen LogP contribution < -0.4 is 0 Å². The second-order valence-electron chi connectivity index (χ2n) is 4.47. The lowest BCUT2D eigenvalue weighted by Gasteiger charge is -2.18. The summed E-state index contributed by atoms with van der Waals surface area (Å²) in [6.07, 6.45) is 1.02. The first-order chi connectivity index (χ1) is 8.76. The molecule has 0 N–H and O–H groups in total. The molecule has 0 aliphatic rings. The van der Waals surface area contributed by atoms with E-state index in [9.17, 15) is 0 Å². The largest absolute Gasteiger partial charge is 0.412 e. The fraction of sp³-hybridized carbons (Fsp3) is 0.250. The maximum Gasteiger partial charge on any atom is 0.247 e. The van der Waals surface area contributed by atoms with E-state index in [1.807, 2.05) is 0 Å². The Balaban J connectivity index is 2.47.